The van der Waals surface area contributed by atoms with E-state index in [-0.39, 0.29) is 33.7 Å². The van der Waals surface area contributed by atoms with E-state index in [0.29, 0.717) is 13.1 Å². The third-order valence-electron chi connectivity index (χ3n) is 2.90. The summed E-state index contributed by atoms with van der Waals surface area (Å²) in [6.07, 6.45) is 0.726. The highest BCUT2D eigenvalue weighted by Crippen LogP contribution is 2.20. The summed E-state index contributed by atoms with van der Waals surface area (Å²) in [6.45, 7) is 2.48. The average Bonchev–Trinajstić information content (AvgIpc) is 2.79. The van der Waals surface area contributed by atoms with Gasteiger partial charge in [0.2, 0.25) is 5.91 Å². The summed E-state index contributed by atoms with van der Waals surface area (Å²) in [5, 5.41) is 3.29. The molecule has 1 N–H and O–H groups in total. The van der Waals surface area contributed by atoms with Gasteiger partial charge in [-0.1, -0.05) is 23.2 Å². The van der Waals surface area contributed by atoms with Crippen molar-refractivity contribution in [1.29, 1.82) is 0 Å². The Morgan fingerprint density at radius 3 is 2.84 bits per heavy atom. The van der Waals surface area contributed by atoms with E-state index in [1.807, 2.05) is 0 Å². The van der Waals surface area contributed by atoms with Crippen LogP contribution < -0.4 is 5.32 Å². The molecule has 0 bridgehead atoms. The first kappa shape index (κ1) is 14.1. The molecular weight excluding hydrogens is 289 g/mol. The molecule has 0 spiro atoms. The smallest absolute Gasteiger partial charge is 0.274 e. The molecule has 0 saturated carbocycles. The number of nitrogens with one attached hydrogen (secondary N) is 1. The van der Waals surface area contributed by atoms with Crippen molar-refractivity contribution >= 4 is 35.0 Å². The third-order valence-corrected chi connectivity index (χ3v) is 3.41. The van der Waals surface area contributed by atoms with E-state index >= 15 is 0 Å². The molecule has 7 heteroatoms. The minimum Gasteiger partial charge on any atom is -0.352 e. The number of hydrogen-bond acceptors (Lipinski definition) is 3. The molecule has 1 fully saturated rings. The maximum absolute atomic E-state index is 12.3. The van der Waals surface area contributed by atoms with Gasteiger partial charge in [-0.25, -0.2) is 4.98 Å². The second-order valence-corrected chi connectivity index (χ2v) is 5.20. The van der Waals surface area contributed by atoms with Crippen LogP contribution in [0.25, 0.3) is 0 Å². The molecule has 5 nitrogen and oxygen atoms in total. The Morgan fingerprint density at radius 1 is 1.42 bits per heavy atom. The van der Waals surface area contributed by atoms with Crippen LogP contribution >= 0.6 is 23.2 Å². The molecule has 1 aromatic heterocycles. The summed E-state index contributed by atoms with van der Waals surface area (Å²) in [5.74, 6) is -0.362. The molecule has 1 aliphatic rings. The van der Waals surface area contributed by atoms with E-state index in [4.69, 9.17) is 23.2 Å². The molecule has 1 aliphatic heterocycles. The molecule has 1 saturated heterocycles. The standard InChI is InChI=1S/C12H13Cl2N3O2/c1-7(18)15-8-4-5-17(6-8)12(19)11-9(13)2-3-10(14)16-11/h2-3,8H,4-6H2,1H3,(H,15,18). The molecule has 0 aromatic carbocycles. The van der Waals surface area contributed by atoms with Crippen molar-refractivity contribution in [3.63, 3.8) is 0 Å². The molecule has 1 unspecified atom stereocenters. The highest BCUT2D eigenvalue weighted by Gasteiger charge is 2.29. The zero-order valence-electron chi connectivity index (χ0n) is 10.3. The van der Waals surface area contributed by atoms with Gasteiger partial charge in [-0.05, 0) is 18.6 Å². The minimum atomic E-state index is -0.264. The number of amides is 2. The number of aromatic nitrogens is 1. The average molecular weight is 302 g/mol. The van der Waals surface area contributed by atoms with Gasteiger partial charge in [-0.3, -0.25) is 9.59 Å². The lowest BCUT2D eigenvalue weighted by Gasteiger charge is -2.17. The Kier molecular flexibility index (Phi) is 4.27. The Balaban J connectivity index is 2.09. The van der Waals surface area contributed by atoms with E-state index in [9.17, 15) is 9.59 Å². The van der Waals surface area contributed by atoms with Crippen LogP contribution in [-0.2, 0) is 4.79 Å². The largest absolute Gasteiger partial charge is 0.352 e. The lowest BCUT2D eigenvalue weighted by atomic mass is 10.2. The molecule has 1 atom stereocenters. The Hall–Kier alpha value is -1.33. The Bertz CT molecular complexity index is 522. The highest BCUT2D eigenvalue weighted by molar-refractivity contribution is 6.34. The number of nitrogens with zero attached hydrogens (tertiary/aromatic N) is 2. The van der Waals surface area contributed by atoms with E-state index in [2.05, 4.69) is 10.3 Å². The first-order valence-corrected chi connectivity index (χ1v) is 6.61. The summed E-state index contributed by atoms with van der Waals surface area (Å²) in [5.41, 5.74) is 0.151. The fourth-order valence-corrected chi connectivity index (χ4v) is 2.40. The zero-order valence-corrected chi connectivity index (χ0v) is 11.8. The van der Waals surface area contributed by atoms with Crippen LogP contribution in [0, 0.1) is 0 Å². The fourth-order valence-electron chi connectivity index (χ4n) is 2.07. The highest BCUT2D eigenvalue weighted by atomic mass is 35.5. The molecule has 2 amide bonds. The van der Waals surface area contributed by atoms with Crippen molar-refractivity contribution in [3.05, 3.63) is 28.0 Å². The van der Waals surface area contributed by atoms with Crippen molar-refractivity contribution in [3.8, 4) is 0 Å². The molecular formula is C12H13Cl2N3O2. The summed E-state index contributed by atoms with van der Waals surface area (Å²) < 4.78 is 0. The monoisotopic (exact) mass is 301 g/mol. The van der Waals surface area contributed by atoms with E-state index in [1.165, 1.54) is 13.0 Å². The van der Waals surface area contributed by atoms with Gasteiger partial charge in [0.05, 0.1) is 5.02 Å². The minimum absolute atomic E-state index is 0.0144. The van der Waals surface area contributed by atoms with E-state index in [1.54, 1.807) is 11.0 Å². The van der Waals surface area contributed by atoms with Gasteiger partial charge in [0.15, 0.2) is 0 Å². The molecule has 2 rings (SSSR count). The van der Waals surface area contributed by atoms with Crippen molar-refractivity contribution < 1.29 is 9.59 Å². The van der Waals surface area contributed by atoms with Crippen LogP contribution in [0.4, 0.5) is 0 Å². The number of carbonyl (C=O) groups is 2. The second-order valence-electron chi connectivity index (χ2n) is 4.40. The first-order chi connectivity index (χ1) is 8.97. The Morgan fingerprint density at radius 2 is 2.16 bits per heavy atom. The van der Waals surface area contributed by atoms with Crippen molar-refractivity contribution in [2.75, 3.05) is 13.1 Å². The first-order valence-electron chi connectivity index (χ1n) is 5.86. The quantitative estimate of drug-likeness (QED) is 0.846. The number of pyridine rings is 1. The number of hydrogen-bond donors (Lipinski definition) is 1. The van der Waals surface area contributed by atoms with Gasteiger partial charge in [0, 0.05) is 26.1 Å². The number of halogens is 2. The van der Waals surface area contributed by atoms with Crippen LogP contribution in [0.3, 0.4) is 0 Å². The van der Waals surface area contributed by atoms with Crippen molar-refractivity contribution in [1.82, 2.24) is 15.2 Å². The molecule has 1 aromatic rings. The topological polar surface area (TPSA) is 62.3 Å². The SMILES string of the molecule is CC(=O)NC1CCN(C(=O)c2nc(Cl)ccc2Cl)C1. The van der Waals surface area contributed by atoms with Crippen LogP contribution in [0.15, 0.2) is 12.1 Å². The number of carbonyl (C=O) groups excluding carboxylic acids is 2. The summed E-state index contributed by atoms with van der Waals surface area (Å²) in [4.78, 5) is 28.8. The maximum Gasteiger partial charge on any atom is 0.274 e. The van der Waals surface area contributed by atoms with Crippen LogP contribution in [0.2, 0.25) is 10.2 Å². The summed E-state index contributed by atoms with van der Waals surface area (Å²) >= 11 is 11.7. The predicted octanol–water partition coefficient (Wildman–Crippen LogP) is 1.74. The number of likely N-dealkylation sites (tertiary alicyclic amines) is 1. The lowest BCUT2D eigenvalue weighted by Crippen LogP contribution is -2.37. The Labute approximate surface area is 120 Å². The summed E-state index contributed by atoms with van der Waals surface area (Å²) in [6, 6.07) is 3.07. The second kappa shape index (κ2) is 5.75. The lowest BCUT2D eigenvalue weighted by molar-refractivity contribution is -0.119. The zero-order chi connectivity index (χ0) is 14.0. The van der Waals surface area contributed by atoms with Crippen LogP contribution in [0.5, 0.6) is 0 Å². The van der Waals surface area contributed by atoms with Gasteiger partial charge in [0.25, 0.3) is 5.91 Å². The molecule has 102 valence electrons. The van der Waals surface area contributed by atoms with E-state index < -0.39 is 0 Å². The summed E-state index contributed by atoms with van der Waals surface area (Å²) in [7, 11) is 0. The van der Waals surface area contributed by atoms with Crippen LogP contribution in [-0.4, -0.2) is 40.8 Å². The third kappa shape index (κ3) is 3.36. The van der Waals surface area contributed by atoms with Gasteiger partial charge < -0.3 is 10.2 Å². The molecule has 0 radical (unpaired) electrons. The van der Waals surface area contributed by atoms with Gasteiger partial charge in [-0.15, -0.1) is 0 Å². The fraction of sp³-hybridized carbons (Fsp3) is 0.417. The molecule has 0 aliphatic carbocycles. The van der Waals surface area contributed by atoms with E-state index in [0.717, 1.165) is 6.42 Å². The normalized spacial score (nSPS) is 18.5. The van der Waals surface area contributed by atoms with Crippen LogP contribution in [0.1, 0.15) is 23.8 Å². The molecule has 2 heterocycles. The van der Waals surface area contributed by atoms with Crippen molar-refractivity contribution in [2.45, 2.75) is 19.4 Å². The van der Waals surface area contributed by atoms with Crippen molar-refractivity contribution in [2.24, 2.45) is 0 Å². The maximum atomic E-state index is 12.3. The van der Waals surface area contributed by atoms with Gasteiger partial charge in [-0.2, -0.15) is 0 Å². The molecule has 19 heavy (non-hydrogen) atoms. The van der Waals surface area contributed by atoms with Gasteiger partial charge >= 0.3 is 0 Å². The van der Waals surface area contributed by atoms with Gasteiger partial charge in [0.1, 0.15) is 10.8 Å². The number of rotatable bonds is 2. The predicted molar refractivity (Wildman–Crippen MR) is 72.4 cm³/mol.